The molecule has 2 aliphatic rings. The fourth-order valence-corrected chi connectivity index (χ4v) is 3.08. The number of hydrogen-bond acceptors (Lipinski definition) is 3. The van der Waals surface area contributed by atoms with Crippen LogP contribution in [0.2, 0.25) is 0 Å². The lowest BCUT2D eigenvalue weighted by atomic mass is 9.95. The van der Waals surface area contributed by atoms with Gasteiger partial charge in [-0.15, -0.1) is 24.8 Å². The highest BCUT2D eigenvalue weighted by atomic mass is 35.5. The van der Waals surface area contributed by atoms with E-state index in [1.807, 2.05) is 11.8 Å². The smallest absolute Gasteiger partial charge is 0.239 e. The number of nitrogens with zero attached hydrogens (tertiary/aromatic N) is 2. The second kappa shape index (κ2) is 9.82. The molecule has 2 heterocycles. The molecule has 0 saturated carbocycles. The maximum atomic E-state index is 12.0. The molecule has 0 bridgehead atoms. The molecule has 2 aliphatic heterocycles. The zero-order valence-electron chi connectivity index (χ0n) is 12.4. The molecule has 0 unspecified atom stereocenters. The number of carbonyl (C=O) groups excluding carboxylic acids is 1. The Morgan fingerprint density at radius 2 is 1.70 bits per heavy atom. The second-order valence-electron chi connectivity index (χ2n) is 5.79. The molecule has 120 valence electrons. The number of carbonyl (C=O) groups is 1. The molecule has 2 fully saturated rings. The molecule has 2 rings (SSSR count). The van der Waals surface area contributed by atoms with E-state index in [0.29, 0.717) is 0 Å². The highest BCUT2D eigenvalue weighted by Gasteiger charge is 2.26. The van der Waals surface area contributed by atoms with E-state index in [9.17, 15) is 4.79 Å². The zero-order valence-corrected chi connectivity index (χ0v) is 14.1. The fourth-order valence-electron chi connectivity index (χ4n) is 3.08. The van der Waals surface area contributed by atoms with Crippen molar-refractivity contribution in [3.05, 3.63) is 0 Å². The molecule has 6 heteroatoms. The van der Waals surface area contributed by atoms with Gasteiger partial charge in [-0.05, 0) is 51.1 Å². The Balaban J connectivity index is 0.00000180. The lowest BCUT2D eigenvalue weighted by Gasteiger charge is -2.35. The van der Waals surface area contributed by atoms with Gasteiger partial charge in [-0.3, -0.25) is 4.79 Å². The minimum atomic E-state index is -0.292. The van der Waals surface area contributed by atoms with Crippen LogP contribution in [0.5, 0.6) is 0 Å². The molecule has 0 spiro atoms. The molecule has 20 heavy (non-hydrogen) atoms. The van der Waals surface area contributed by atoms with Gasteiger partial charge in [0.1, 0.15) is 0 Å². The van der Waals surface area contributed by atoms with Crippen LogP contribution in [0, 0.1) is 5.92 Å². The largest absolute Gasteiger partial charge is 0.341 e. The van der Waals surface area contributed by atoms with Crippen LogP contribution in [0.3, 0.4) is 0 Å². The number of piperidine rings is 1. The standard InChI is InChI=1S/C14H27N3O.2ClH/c1-2-13(15)14(18)17-9-5-12(6-10-17)11-16-7-3-4-8-16;;/h12-13H,2-11,15H2,1H3;2*1H/t13-;;/m0../s1. The van der Waals surface area contributed by atoms with E-state index < -0.39 is 0 Å². The minimum Gasteiger partial charge on any atom is -0.341 e. The van der Waals surface area contributed by atoms with E-state index in [0.717, 1.165) is 38.3 Å². The van der Waals surface area contributed by atoms with Crippen LogP contribution in [0.4, 0.5) is 0 Å². The fraction of sp³-hybridized carbons (Fsp3) is 0.929. The van der Waals surface area contributed by atoms with Gasteiger partial charge in [0.2, 0.25) is 5.91 Å². The summed E-state index contributed by atoms with van der Waals surface area (Å²) in [5.41, 5.74) is 5.81. The molecule has 4 nitrogen and oxygen atoms in total. The Labute approximate surface area is 135 Å². The van der Waals surface area contributed by atoms with E-state index >= 15 is 0 Å². The van der Waals surface area contributed by atoms with Gasteiger partial charge < -0.3 is 15.5 Å². The van der Waals surface area contributed by atoms with Crippen LogP contribution >= 0.6 is 24.8 Å². The highest BCUT2D eigenvalue weighted by molar-refractivity contribution is 5.85. The van der Waals surface area contributed by atoms with E-state index in [-0.39, 0.29) is 36.8 Å². The zero-order chi connectivity index (χ0) is 13.0. The van der Waals surface area contributed by atoms with Gasteiger partial charge in [-0.1, -0.05) is 6.92 Å². The number of likely N-dealkylation sites (tertiary alicyclic amines) is 2. The van der Waals surface area contributed by atoms with Crippen LogP contribution in [0.1, 0.15) is 39.0 Å². The number of halogens is 2. The second-order valence-corrected chi connectivity index (χ2v) is 5.79. The summed E-state index contributed by atoms with van der Waals surface area (Å²) in [6.07, 6.45) is 5.77. The van der Waals surface area contributed by atoms with E-state index in [1.165, 1.54) is 32.5 Å². The summed E-state index contributed by atoms with van der Waals surface area (Å²) in [4.78, 5) is 16.5. The topological polar surface area (TPSA) is 49.6 Å². The number of hydrogen-bond donors (Lipinski definition) is 1. The van der Waals surface area contributed by atoms with E-state index in [2.05, 4.69) is 4.90 Å². The van der Waals surface area contributed by atoms with Crippen molar-refractivity contribution in [3.63, 3.8) is 0 Å². The first kappa shape index (κ1) is 20.0. The first-order valence-corrected chi connectivity index (χ1v) is 7.47. The van der Waals surface area contributed by atoms with Crippen molar-refractivity contribution < 1.29 is 4.79 Å². The van der Waals surface area contributed by atoms with Gasteiger partial charge in [0.15, 0.2) is 0 Å². The monoisotopic (exact) mass is 325 g/mol. The van der Waals surface area contributed by atoms with Crippen molar-refractivity contribution in [3.8, 4) is 0 Å². The number of nitrogens with two attached hydrogens (primary N) is 1. The molecule has 0 aromatic heterocycles. The molecule has 2 saturated heterocycles. The Kier molecular flexibility index (Phi) is 9.81. The Morgan fingerprint density at radius 1 is 1.15 bits per heavy atom. The van der Waals surface area contributed by atoms with E-state index in [1.54, 1.807) is 0 Å². The predicted octanol–water partition coefficient (Wildman–Crippen LogP) is 1.90. The summed E-state index contributed by atoms with van der Waals surface area (Å²) in [6, 6.07) is -0.292. The third-order valence-electron chi connectivity index (χ3n) is 4.40. The van der Waals surface area contributed by atoms with Gasteiger partial charge in [0, 0.05) is 19.6 Å². The lowest BCUT2D eigenvalue weighted by Crippen LogP contribution is -2.47. The van der Waals surface area contributed by atoms with Crippen LogP contribution in [0.15, 0.2) is 0 Å². The molecule has 1 amide bonds. The SMILES string of the molecule is CC[C@H](N)C(=O)N1CCC(CN2CCCC2)CC1.Cl.Cl. The first-order chi connectivity index (χ1) is 8.70. The molecule has 1 atom stereocenters. The summed E-state index contributed by atoms with van der Waals surface area (Å²) in [5.74, 6) is 0.933. The third kappa shape index (κ3) is 5.40. The Bertz CT molecular complexity index is 278. The molecule has 2 N–H and O–H groups in total. The average molecular weight is 326 g/mol. The van der Waals surface area contributed by atoms with Crippen molar-refractivity contribution in [1.29, 1.82) is 0 Å². The molecule has 0 radical (unpaired) electrons. The maximum Gasteiger partial charge on any atom is 0.239 e. The highest BCUT2D eigenvalue weighted by Crippen LogP contribution is 2.21. The van der Waals surface area contributed by atoms with Crippen molar-refractivity contribution >= 4 is 30.7 Å². The maximum absolute atomic E-state index is 12.0. The number of amides is 1. The van der Waals surface area contributed by atoms with Crippen LogP contribution in [-0.2, 0) is 4.79 Å². The Hall–Kier alpha value is -0.0300. The lowest BCUT2D eigenvalue weighted by molar-refractivity contribution is -0.134. The summed E-state index contributed by atoms with van der Waals surface area (Å²) >= 11 is 0. The van der Waals surface area contributed by atoms with Crippen molar-refractivity contribution in [2.45, 2.75) is 45.1 Å². The van der Waals surface area contributed by atoms with Gasteiger partial charge in [0.25, 0.3) is 0 Å². The molecular formula is C14H29Cl2N3O. The normalized spacial score (nSPS) is 22.0. The average Bonchev–Trinajstić information content (AvgIpc) is 2.91. The minimum absolute atomic E-state index is 0. The van der Waals surface area contributed by atoms with E-state index in [4.69, 9.17) is 5.73 Å². The van der Waals surface area contributed by atoms with Gasteiger partial charge in [-0.2, -0.15) is 0 Å². The summed E-state index contributed by atoms with van der Waals surface area (Å²) in [7, 11) is 0. The third-order valence-corrected chi connectivity index (χ3v) is 4.40. The summed E-state index contributed by atoms with van der Waals surface area (Å²) in [5, 5.41) is 0. The molecule has 0 aromatic carbocycles. The predicted molar refractivity (Wildman–Crippen MR) is 87.7 cm³/mol. The van der Waals surface area contributed by atoms with Crippen molar-refractivity contribution in [1.82, 2.24) is 9.80 Å². The quantitative estimate of drug-likeness (QED) is 0.858. The molecule has 0 aliphatic carbocycles. The van der Waals surface area contributed by atoms with Gasteiger partial charge in [-0.25, -0.2) is 0 Å². The van der Waals surface area contributed by atoms with Gasteiger partial charge in [0.05, 0.1) is 6.04 Å². The molecular weight excluding hydrogens is 297 g/mol. The van der Waals surface area contributed by atoms with Crippen LogP contribution in [-0.4, -0.2) is 54.5 Å². The molecule has 0 aromatic rings. The van der Waals surface area contributed by atoms with Gasteiger partial charge >= 0.3 is 0 Å². The summed E-state index contributed by atoms with van der Waals surface area (Å²) < 4.78 is 0. The van der Waals surface area contributed by atoms with Crippen LogP contribution < -0.4 is 5.73 Å². The number of rotatable bonds is 4. The Morgan fingerprint density at radius 3 is 2.20 bits per heavy atom. The first-order valence-electron chi connectivity index (χ1n) is 7.47. The van der Waals surface area contributed by atoms with Crippen molar-refractivity contribution in [2.24, 2.45) is 11.7 Å². The van der Waals surface area contributed by atoms with Crippen LogP contribution in [0.25, 0.3) is 0 Å². The summed E-state index contributed by atoms with van der Waals surface area (Å²) in [6.45, 7) is 7.58. The van der Waals surface area contributed by atoms with Crippen molar-refractivity contribution in [2.75, 3.05) is 32.7 Å².